The molecule has 1 amide bonds. The van der Waals surface area contributed by atoms with E-state index in [2.05, 4.69) is 104 Å². The molecule has 9 N–H and O–H groups in total. The van der Waals surface area contributed by atoms with Crippen molar-refractivity contribution in [2.24, 2.45) is 0 Å². The van der Waals surface area contributed by atoms with Crippen molar-refractivity contribution >= 4 is 5.91 Å². The minimum Gasteiger partial charge on any atom is -0.394 e. The lowest BCUT2D eigenvalue weighted by Gasteiger charge is -2.46. The molecular weight excluding hydrogens is 1120 g/mol. The number of allylic oxidation sites excluding steroid dienone is 15. The normalized spacial score (nSPS) is 23.6. The number of rotatable bonds is 58. The molecule has 2 aliphatic heterocycles. The predicted molar refractivity (Wildman–Crippen MR) is 364 cm³/mol. The summed E-state index contributed by atoms with van der Waals surface area (Å²) in [5.41, 5.74) is 0. The molecule has 0 radical (unpaired) electrons. The van der Waals surface area contributed by atoms with Crippen LogP contribution in [0.3, 0.4) is 0 Å². The summed E-state index contributed by atoms with van der Waals surface area (Å²) < 4.78 is 22.8. The van der Waals surface area contributed by atoms with Crippen LogP contribution in [0.15, 0.2) is 97.2 Å². The smallest absolute Gasteiger partial charge is 0.220 e. The molecule has 2 fully saturated rings. The highest BCUT2D eigenvalue weighted by Gasteiger charge is 2.51. The monoisotopic (exact) mass is 1250 g/mol. The van der Waals surface area contributed by atoms with Crippen molar-refractivity contribution in [3.63, 3.8) is 0 Å². The maximum atomic E-state index is 13.3. The summed E-state index contributed by atoms with van der Waals surface area (Å²) in [6.07, 6.45) is 66.4. The van der Waals surface area contributed by atoms with Gasteiger partial charge in [-0.3, -0.25) is 4.79 Å². The molecule has 0 aromatic rings. The molecule has 0 aromatic carbocycles. The van der Waals surface area contributed by atoms with Gasteiger partial charge in [-0.25, -0.2) is 0 Å². The van der Waals surface area contributed by atoms with Gasteiger partial charge in [0.15, 0.2) is 12.6 Å². The van der Waals surface area contributed by atoms with E-state index < -0.39 is 86.8 Å². The summed E-state index contributed by atoms with van der Waals surface area (Å²) in [6.45, 7) is 2.64. The lowest BCUT2D eigenvalue weighted by Crippen LogP contribution is -2.65. The molecule has 0 aliphatic carbocycles. The highest BCUT2D eigenvalue weighted by atomic mass is 16.7. The van der Waals surface area contributed by atoms with Gasteiger partial charge in [-0.1, -0.05) is 278 Å². The average Bonchev–Trinajstić information content (AvgIpc) is 2.74. The quantitative estimate of drug-likeness (QED) is 0.0204. The molecule has 0 aromatic heterocycles. The van der Waals surface area contributed by atoms with E-state index in [-0.39, 0.29) is 18.9 Å². The molecule has 2 rings (SSSR count). The van der Waals surface area contributed by atoms with Gasteiger partial charge >= 0.3 is 0 Å². The number of unbranched alkanes of at least 4 members (excludes halogenated alkanes) is 31. The van der Waals surface area contributed by atoms with Crippen LogP contribution in [0.4, 0.5) is 0 Å². The zero-order valence-electron chi connectivity index (χ0n) is 55.9. The Kier molecular flexibility index (Phi) is 54.1. The number of ether oxygens (including phenoxy) is 4. The molecule has 12 unspecified atom stereocenters. The summed E-state index contributed by atoms with van der Waals surface area (Å²) in [6, 6.07) is -0.940. The van der Waals surface area contributed by atoms with Crippen molar-refractivity contribution in [1.82, 2.24) is 5.32 Å². The van der Waals surface area contributed by atoms with Gasteiger partial charge in [0.1, 0.15) is 48.8 Å². The molecular formula is C75H131NO13. The molecule has 2 heterocycles. The van der Waals surface area contributed by atoms with Gasteiger partial charge in [0.25, 0.3) is 0 Å². The predicted octanol–water partition coefficient (Wildman–Crippen LogP) is 15.0. The molecule has 14 heteroatoms. The van der Waals surface area contributed by atoms with Crippen molar-refractivity contribution in [1.29, 1.82) is 0 Å². The first-order valence-corrected chi connectivity index (χ1v) is 36.0. The van der Waals surface area contributed by atoms with Crippen LogP contribution in [0.1, 0.15) is 277 Å². The fourth-order valence-electron chi connectivity index (χ4n) is 11.3. The van der Waals surface area contributed by atoms with Crippen LogP contribution in [0, 0.1) is 0 Å². The number of carbonyl (C=O) groups is 1. The van der Waals surface area contributed by atoms with E-state index in [9.17, 15) is 45.6 Å². The molecule has 12 atom stereocenters. The third kappa shape index (κ3) is 42.7. The highest BCUT2D eigenvalue weighted by molar-refractivity contribution is 5.76. The van der Waals surface area contributed by atoms with E-state index >= 15 is 0 Å². The molecule has 2 saturated heterocycles. The minimum absolute atomic E-state index is 0.252. The van der Waals surface area contributed by atoms with E-state index in [1.807, 2.05) is 6.08 Å². The summed E-state index contributed by atoms with van der Waals surface area (Å²) in [4.78, 5) is 13.3. The van der Waals surface area contributed by atoms with Gasteiger partial charge in [-0.15, -0.1) is 0 Å². The lowest BCUT2D eigenvalue weighted by atomic mass is 9.97. The molecule has 14 nitrogen and oxygen atoms in total. The number of aliphatic hydroxyl groups excluding tert-OH is 8. The zero-order valence-corrected chi connectivity index (χ0v) is 55.9. The Morgan fingerprint density at radius 1 is 0.416 bits per heavy atom. The number of aliphatic hydroxyl groups is 8. The Morgan fingerprint density at radius 2 is 0.787 bits per heavy atom. The molecule has 0 bridgehead atoms. The second kappa shape index (κ2) is 58.7. The van der Waals surface area contributed by atoms with Crippen LogP contribution < -0.4 is 5.32 Å². The van der Waals surface area contributed by atoms with Crippen LogP contribution in [0.25, 0.3) is 0 Å². The lowest BCUT2D eigenvalue weighted by molar-refractivity contribution is -0.359. The maximum absolute atomic E-state index is 13.3. The molecule has 0 spiro atoms. The van der Waals surface area contributed by atoms with Gasteiger partial charge in [0.05, 0.1) is 32.0 Å². The van der Waals surface area contributed by atoms with Gasteiger partial charge in [-0.05, 0) is 89.9 Å². The van der Waals surface area contributed by atoms with Gasteiger partial charge < -0.3 is 65.1 Å². The Hall–Kier alpha value is -3.09. The van der Waals surface area contributed by atoms with E-state index in [1.54, 1.807) is 6.08 Å². The number of nitrogens with one attached hydrogen (secondary N) is 1. The second-order valence-electron chi connectivity index (χ2n) is 25.0. The minimum atomic E-state index is -1.79. The third-order valence-electron chi connectivity index (χ3n) is 17.0. The van der Waals surface area contributed by atoms with Crippen molar-refractivity contribution in [2.45, 2.75) is 351 Å². The first kappa shape index (κ1) is 82.0. The standard InChI is InChI=1S/C75H131NO13/c1-3-5-7-9-11-13-15-17-19-20-21-22-23-24-25-26-27-28-29-30-31-32-33-34-35-36-37-38-39-40-41-42-43-44-45-47-49-51-53-55-57-59-67(80)76-63(64(79)58-56-54-52-50-48-46-18-16-14-12-10-8-6-4-2)62-86-74-72(85)70(83)73(66(61-78)88-74)89-75-71(84)69(82)68(81)65(60-77)87-75/h5,7,11,13-14,16-17,19,21-22,24-25,48,50,56,58,63-66,68-75,77-79,81-85H,3-4,6,8-10,12,15,18,20,23,26-47,49,51-55,57,59-62H2,1-2H3,(H,76,80)/b7-5-,13-11-,16-14+,19-17-,22-21-,25-24-,50-48+,58-56+. The number of carbonyl (C=O) groups excluding carboxylic acids is 1. The summed E-state index contributed by atoms with van der Waals surface area (Å²) in [5.74, 6) is -0.252. The molecule has 89 heavy (non-hydrogen) atoms. The van der Waals surface area contributed by atoms with Crippen LogP contribution in [0.2, 0.25) is 0 Å². The Balaban J connectivity index is 1.55. The van der Waals surface area contributed by atoms with E-state index in [0.717, 1.165) is 77.0 Å². The molecule has 2 aliphatic rings. The molecule has 0 saturated carbocycles. The summed E-state index contributed by atoms with van der Waals surface area (Å²) in [7, 11) is 0. The zero-order chi connectivity index (χ0) is 64.5. The fourth-order valence-corrected chi connectivity index (χ4v) is 11.3. The van der Waals surface area contributed by atoms with Crippen LogP contribution in [-0.4, -0.2) is 140 Å². The summed E-state index contributed by atoms with van der Waals surface area (Å²) in [5, 5.41) is 87.2. The fraction of sp³-hybridized carbons (Fsp3) is 0.773. The summed E-state index contributed by atoms with van der Waals surface area (Å²) >= 11 is 0. The van der Waals surface area contributed by atoms with Crippen molar-refractivity contribution < 1.29 is 64.6 Å². The van der Waals surface area contributed by atoms with Gasteiger partial charge in [0.2, 0.25) is 5.91 Å². The number of amides is 1. The largest absolute Gasteiger partial charge is 0.394 e. The van der Waals surface area contributed by atoms with Crippen molar-refractivity contribution in [3.05, 3.63) is 97.2 Å². The SMILES string of the molecule is CC/C=C\C/C=C\C/C=C\C/C=C\C/C=C\CCCCCCCCCCCCCCCCCCCCCCCCCCCC(=O)NC(COC1OC(CO)C(OC2OC(CO)C(O)C(O)C2O)C(O)C1O)C(O)/C=C/CC/C=C/CC/C=C/CCCCCC. The Labute approximate surface area is 541 Å². The number of hydrogen-bond donors (Lipinski definition) is 9. The second-order valence-corrected chi connectivity index (χ2v) is 25.0. The van der Waals surface area contributed by atoms with Crippen molar-refractivity contribution in [3.8, 4) is 0 Å². The average molecular weight is 1250 g/mol. The third-order valence-corrected chi connectivity index (χ3v) is 17.0. The van der Waals surface area contributed by atoms with Gasteiger partial charge in [0, 0.05) is 6.42 Å². The number of hydrogen-bond acceptors (Lipinski definition) is 13. The first-order chi connectivity index (χ1) is 43.6. The topological polar surface area (TPSA) is 228 Å². The van der Waals surface area contributed by atoms with Crippen LogP contribution in [0.5, 0.6) is 0 Å². The Morgan fingerprint density at radius 3 is 1.24 bits per heavy atom. The maximum Gasteiger partial charge on any atom is 0.220 e. The van der Waals surface area contributed by atoms with Crippen LogP contribution >= 0.6 is 0 Å². The van der Waals surface area contributed by atoms with Crippen molar-refractivity contribution in [2.75, 3.05) is 19.8 Å². The first-order valence-electron chi connectivity index (χ1n) is 36.0. The molecule has 514 valence electrons. The highest BCUT2D eigenvalue weighted by Crippen LogP contribution is 2.30. The van der Waals surface area contributed by atoms with E-state index in [0.29, 0.717) is 12.8 Å². The van der Waals surface area contributed by atoms with E-state index in [4.69, 9.17) is 18.9 Å². The van der Waals surface area contributed by atoms with E-state index in [1.165, 1.54) is 167 Å². The van der Waals surface area contributed by atoms with Crippen LogP contribution in [-0.2, 0) is 23.7 Å². The van der Waals surface area contributed by atoms with Gasteiger partial charge in [-0.2, -0.15) is 0 Å². The Bertz CT molecular complexity index is 1860.